The number of nitrogens with one attached hydrogen (secondary N) is 1. The molecule has 1 aromatic rings. The smallest absolute Gasteiger partial charge is 0.185 e. The first kappa shape index (κ1) is 13.4. The minimum Gasteiger partial charge on any atom is -0.351 e. The number of hydrogen-bond donors (Lipinski definition) is 1. The molecule has 1 saturated carbocycles. The molecule has 0 radical (unpaired) electrons. The van der Waals surface area contributed by atoms with Gasteiger partial charge in [0.05, 0.1) is 11.7 Å². The Labute approximate surface area is 120 Å². The number of anilines is 1. The molecule has 0 spiro atoms. The van der Waals surface area contributed by atoms with Gasteiger partial charge in [-0.1, -0.05) is 13.3 Å². The third-order valence-electron chi connectivity index (χ3n) is 4.48. The molecule has 3 nitrogen and oxygen atoms in total. The van der Waals surface area contributed by atoms with Crippen LogP contribution in [0.5, 0.6) is 0 Å². The predicted molar refractivity (Wildman–Crippen MR) is 82.1 cm³/mol. The Kier molecular flexibility index (Phi) is 4.08. The normalized spacial score (nSPS) is 22.9. The highest BCUT2D eigenvalue weighted by molar-refractivity contribution is 7.15. The van der Waals surface area contributed by atoms with Crippen molar-refractivity contribution in [2.24, 2.45) is 5.92 Å². The van der Waals surface area contributed by atoms with Crippen LogP contribution in [-0.2, 0) is 6.42 Å². The third-order valence-corrected chi connectivity index (χ3v) is 5.72. The van der Waals surface area contributed by atoms with Gasteiger partial charge in [0.2, 0.25) is 0 Å². The van der Waals surface area contributed by atoms with E-state index in [0.717, 1.165) is 12.5 Å². The van der Waals surface area contributed by atoms with E-state index in [4.69, 9.17) is 4.98 Å². The third kappa shape index (κ3) is 2.79. The molecule has 19 heavy (non-hydrogen) atoms. The fourth-order valence-corrected chi connectivity index (χ4v) is 4.29. The van der Waals surface area contributed by atoms with E-state index in [2.05, 4.69) is 24.2 Å². The van der Waals surface area contributed by atoms with Crippen LogP contribution >= 0.6 is 11.3 Å². The molecule has 0 amide bonds. The van der Waals surface area contributed by atoms with E-state index >= 15 is 0 Å². The first-order valence-electron chi connectivity index (χ1n) is 7.72. The van der Waals surface area contributed by atoms with Crippen molar-refractivity contribution in [3.8, 4) is 0 Å². The molecule has 3 rings (SSSR count). The second-order valence-electron chi connectivity index (χ2n) is 5.98. The lowest BCUT2D eigenvalue weighted by atomic mass is 9.85. The van der Waals surface area contributed by atoms with Gasteiger partial charge in [-0.05, 0) is 44.6 Å². The fourth-order valence-electron chi connectivity index (χ4n) is 3.15. The van der Waals surface area contributed by atoms with Crippen LogP contribution in [0, 0.1) is 5.92 Å². The molecule has 1 N–H and O–H groups in total. The monoisotopic (exact) mass is 279 g/mol. The summed E-state index contributed by atoms with van der Waals surface area (Å²) in [5.74, 6) is 0.912. The summed E-state index contributed by atoms with van der Waals surface area (Å²) in [7, 11) is 2.21. The van der Waals surface area contributed by atoms with Gasteiger partial charge >= 0.3 is 0 Å². The summed E-state index contributed by atoms with van der Waals surface area (Å²) in [5, 5.41) is 4.82. The topological polar surface area (TPSA) is 28.2 Å². The number of fused-ring (bicyclic) bond motifs is 1. The fraction of sp³-hybridized carbons (Fsp3) is 0.800. The van der Waals surface area contributed by atoms with Crippen LogP contribution < -0.4 is 10.2 Å². The number of nitrogens with zero attached hydrogens (tertiary/aromatic N) is 2. The Bertz CT molecular complexity index is 425. The van der Waals surface area contributed by atoms with E-state index in [1.54, 1.807) is 0 Å². The first-order valence-corrected chi connectivity index (χ1v) is 8.53. The minimum atomic E-state index is 0.496. The van der Waals surface area contributed by atoms with Crippen molar-refractivity contribution in [2.45, 2.75) is 51.5 Å². The maximum absolute atomic E-state index is 4.94. The average molecular weight is 279 g/mol. The van der Waals surface area contributed by atoms with Gasteiger partial charge in [0.1, 0.15) is 0 Å². The molecule has 2 aliphatic carbocycles. The standard InChI is InChI=1S/C15H25N3S/c1-3-16-12-8-5-9-13-14(12)17-15(19-13)18(2)10-11-6-4-7-11/h11-12,16H,3-10H2,1-2H3. The zero-order valence-electron chi connectivity index (χ0n) is 12.1. The van der Waals surface area contributed by atoms with E-state index in [9.17, 15) is 0 Å². The first-order chi connectivity index (χ1) is 9.28. The minimum absolute atomic E-state index is 0.496. The molecule has 0 saturated heterocycles. The Morgan fingerprint density at radius 1 is 1.32 bits per heavy atom. The van der Waals surface area contributed by atoms with Crippen molar-refractivity contribution in [3.05, 3.63) is 10.6 Å². The van der Waals surface area contributed by atoms with Crippen molar-refractivity contribution in [3.63, 3.8) is 0 Å². The Balaban J connectivity index is 1.72. The van der Waals surface area contributed by atoms with Crippen molar-refractivity contribution >= 4 is 16.5 Å². The molecule has 1 atom stereocenters. The second kappa shape index (κ2) is 5.80. The van der Waals surface area contributed by atoms with Gasteiger partial charge < -0.3 is 10.2 Å². The van der Waals surface area contributed by atoms with E-state index in [0.29, 0.717) is 6.04 Å². The Morgan fingerprint density at radius 2 is 2.16 bits per heavy atom. The van der Waals surface area contributed by atoms with Crippen LogP contribution in [0.3, 0.4) is 0 Å². The van der Waals surface area contributed by atoms with Crippen LogP contribution in [0.15, 0.2) is 0 Å². The van der Waals surface area contributed by atoms with Crippen molar-refractivity contribution in [1.82, 2.24) is 10.3 Å². The van der Waals surface area contributed by atoms with E-state index in [1.807, 2.05) is 11.3 Å². The van der Waals surface area contributed by atoms with Gasteiger partial charge in [0.15, 0.2) is 5.13 Å². The highest BCUT2D eigenvalue weighted by atomic mass is 32.1. The van der Waals surface area contributed by atoms with Gasteiger partial charge in [-0.25, -0.2) is 4.98 Å². The van der Waals surface area contributed by atoms with Gasteiger partial charge in [-0.15, -0.1) is 11.3 Å². The lowest BCUT2D eigenvalue weighted by molar-refractivity contribution is 0.321. The summed E-state index contributed by atoms with van der Waals surface area (Å²) >= 11 is 1.92. The quantitative estimate of drug-likeness (QED) is 0.895. The van der Waals surface area contributed by atoms with Crippen LogP contribution in [0.1, 0.15) is 55.6 Å². The molecule has 106 valence electrons. The summed E-state index contributed by atoms with van der Waals surface area (Å²) in [6.45, 7) is 4.41. The molecule has 0 bridgehead atoms. The molecule has 2 aliphatic rings. The van der Waals surface area contributed by atoms with E-state index in [-0.39, 0.29) is 0 Å². The molecular formula is C15H25N3S. The van der Waals surface area contributed by atoms with Crippen LogP contribution in [0.25, 0.3) is 0 Å². The maximum atomic E-state index is 4.94. The number of thiazole rings is 1. The van der Waals surface area contributed by atoms with E-state index in [1.165, 1.54) is 60.8 Å². The highest BCUT2D eigenvalue weighted by Gasteiger charge is 2.26. The number of rotatable bonds is 5. The molecule has 0 aliphatic heterocycles. The molecule has 1 heterocycles. The van der Waals surface area contributed by atoms with Crippen LogP contribution in [0.4, 0.5) is 5.13 Å². The highest BCUT2D eigenvalue weighted by Crippen LogP contribution is 2.37. The zero-order valence-corrected chi connectivity index (χ0v) is 12.9. The number of aryl methyl sites for hydroxylation is 1. The van der Waals surface area contributed by atoms with Gasteiger partial charge in [-0.2, -0.15) is 0 Å². The maximum Gasteiger partial charge on any atom is 0.185 e. The molecule has 1 aromatic heterocycles. The van der Waals surface area contributed by atoms with Gasteiger partial charge in [-0.3, -0.25) is 0 Å². The number of aromatic nitrogens is 1. The predicted octanol–water partition coefficient (Wildman–Crippen LogP) is 3.37. The average Bonchev–Trinajstić information content (AvgIpc) is 2.79. The Hall–Kier alpha value is -0.610. The summed E-state index contributed by atoms with van der Waals surface area (Å²) in [6, 6.07) is 0.496. The molecule has 1 unspecified atom stereocenters. The molecule has 0 aromatic carbocycles. The summed E-state index contributed by atoms with van der Waals surface area (Å²) in [6.07, 6.45) is 8.03. The SMILES string of the molecule is CCNC1CCCc2sc(N(C)CC3CCC3)nc21. The molecule has 4 heteroatoms. The number of hydrogen-bond acceptors (Lipinski definition) is 4. The van der Waals surface area contributed by atoms with Gasteiger partial charge in [0.25, 0.3) is 0 Å². The lowest BCUT2D eigenvalue weighted by Crippen LogP contribution is -2.29. The van der Waals surface area contributed by atoms with Crippen LogP contribution in [-0.4, -0.2) is 25.1 Å². The van der Waals surface area contributed by atoms with Crippen molar-refractivity contribution in [2.75, 3.05) is 25.0 Å². The summed E-state index contributed by atoms with van der Waals surface area (Å²) in [4.78, 5) is 8.85. The largest absolute Gasteiger partial charge is 0.351 e. The zero-order chi connectivity index (χ0) is 13.2. The van der Waals surface area contributed by atoms with Crippen molar-refractivity contribution in [1.29, 1.82) is 0 Å². The summed E-state index contributed by atoms with van der Waals surface area (Å²) in [5.41, 5.74) is 1.34. The van der Waals surface area contributed by atoms with E-state index < -0.39 is 0 Å². The lowest BCUT2D eigenvalue weighted by Gasteiger charge is -2.29. The summed E-state index contributed by atoms with van der Waals surface area (Å²) < 4.78 is 0. The Morgan fingerprint density at radius 3 is 2.84 bits per heavy atom. The van der Waals surface area contributed by atoms with Gasteiger partial charge in [0, 0.05) is 18.5 Å². The molecule has 1 fully saturated rings. The van der Waals surface area contributed by atoms with Crippen molar-refractivity contribution < 1.29 is 0 Å². The molecular weight excluding hydrogens is 254 g/mol. The van der Waals surface area contributed by atoms with Crippen LogP contribution in [0.2, 0.25) is 0 Å². The second-order valence-corrected chi connectivity index (χ2v) is 7.05.